The first-order valence-corrected chi connectivity index (χ1v) is 7.79. The zero-order valence-electron chi connectivity index (χ0n) is 11.7. The van der Waals surface area contributed by atoms with Gasteiger partial charge in [-0.1, -0.05) is 0 Å². The number of nitrogens with one attached hydrogen (secondary N) is 2. The van der Waals surface area contributed by atoms with Gasteiger partial charge in [-0.05, 0) is 31.2 Å². The van der Waals surface area contributed by atoms with Gasteiger partial charge in [0.15, 0.2) is 0 Å². The quantitative estimate of drug-likeness (QED) is 0.859. The number of aryl methyl sites for hydroxylation is 1. The molecule has 1 aromatic rings. The number of rotatable bonds is 2. The van der Waals surface area contributed by atoms with Crippen molar-refractivity contribution in [2.75, 3.05) is 12.4 Å². The van der Waals surface area contributed by atoms with Gasteiger partial charge in [0.1, 0.15) is 17.1 Å². The molecule has 1 aliphatic carbocycles. The van der Waals surface area contributed by atoms with E-state index in [0.717, 1.165) is 31.2 Å². The number of hydrazine groups is 1. The Morgan fingerprint density at radius 2 is 2.24 bits per heavy atom. The molecule has 1 saturated heterocycles. The van der Waals surface area contributed by atoms with Crippen LogP contribution in [0.4, 0.5) is 5.00 Å². The van der Waals surface area contributed by atoms with Crippen LogP contribution in [0.3, 0.4) is 0 Å². The van der Waals surface area contributed by atoms with Crippen LogP contribution in [-0.2, 0) is 22.4 Å². The average molecular weight is 304 g/mol. The summed E-state index contributed by atoms with van der Waals surface area (Å²) in [6.07, 6.45) is 4.27. The standard InChI is InChI=1S/C14H16N4O2S/c1-18-10(6-12(19)17-18)13(20)16-14-9(7-15)8-4-2-3-5-11(8)21-14/h10H,2-6H2,1H3,(H,16,20)(H,17,19)/t10-/m0/s1. The Hall–Kier alpha value is -1.91. The molecule has 7 heteroatoms. The molecule has 0 spiro atoms. The molecule has 1 atom stereocenters. The first-order chi connectivity index (χ1) is 10.1. The number of anilines is 1. The van der Waals surface area contributed by atoms with E-state index in [2.05, 4.69) is 16.8 Å². The molecular weight excluding hydrogens is 288 g/mol. The van der Waals surface area contributed by atoms with Gasteiger partial charge in [0.2, 0.25) is 11.8 Å². The fourth-order valence-electron chi connectivity index (χ4n) is 2.87. The van der Waals surface area contributed by atoms with Crippen molar-refractivity contribution in [3.05, 3.63) is 16.0 Å². The first-order valence-electron chi connectivity index (χ1n) is 6.98. The van der Waals surface area contributed by atoms with Crippen LogP contribution < -0.4 is 10.7 Å². The topological polar surface area (TPSA) is 85.2 Å². The average Bonchev–Trinajstić information content (AvgIpc) is 2.97. The summed E-state index contributed by atoms with van der Waals surface area (Å²) in [5.74, 6) is -0.408. The van der Waals surface area contributed by atoms with E-state index in [4.69, 9.17) is 0 Å². The van der Waals surface area contributed by atoms with Crippen LogP contribution in [0.2, 0.25) is 0 Å². The predicted octanol–water partition coefficient (Wildman–Crippen LogP) is 1.17. The molecule has 0 radical (unpaired) electrons. The molecule has 21 heavy (non-hydrogen) atoms. The maximum absolute atomic E-state index is 12.3. The van der Waals surface area contributed by atoms with Crippen molar-refractivity contribution in [2.24, 2.45) is 0 Å². The highest BCUT2D eigenvalue weighted by atomic mass is 32.1. The molecule has 6 nitrogen and oxygen atoms in total. The van der Waals surface area contributed by atoms with E-state index in [1.165, 1.54) is 21.2 Å². The third kappa shape index (κ3) is 2.52. The fraction of sp³-hybridized carbons (Fsp3) is 0.500. The molecule has 2 aliphatic rings. The van der Waals surface area contributed by atoms with Crippen LogP contribution in [0.1, 0.15) is 35.3 Å². The number of nitrogens with zero attached hydrogens (tertiary/aromatic N) is 2. The summed E-state index contributed by atoms with van der Waals surface area (Å²) in [6.45, 7) is 0. The lowest BCUT2D eigenvalue weighted by atomic mass is 9.96. The lowest BCUT2D eigenvalue weighted by Crippen LogP contribution is -2.41. The SMILES string of the molecule is CN1NC(=O)C[C@H]1C(=O)Nc1sc2c(c1C#N)CCCC2. The summed E-state index contributed by atoms with van der Waals surface area (Å²) < 4.78 is 0. The highest BCUT2D eigenvalue weighted by Gasteiger charge is 2.34. The van der Waals surface area contributed by atoms with Gasteiger partial charge >= 0.3 is 0 Å². The molecule has 0 aromatic carbocycles. The second-order valence-electron chi connectivity index (χ2n) is 5.38. The van der Waals surface area contributed by atoms with Gasteiger partial charge in [-0.25, -0.2) is 5.01 Å². The number of fused-ring (bicyclic) bond motifs is 1. The summed E-state index contributed by atoms with van der Waals surface area (Å²) >= 11 is 1.50. The van der Waals surface area contributed by atoms with Crippen molar-refractivity contribution in [1.29, 1.82) is 5.26 Å². The molecule has 0 bridgehead atoms. The van der Waals surface area contributed by atoms with Gasteiger partial charge in [-0.3, -0.25) is 15.0 Å². The Bertz CT molecular complexity index is 646. The fourth-order valence-corrected chi connectivity index (χ4v) is 4.11. The lowest BCUT2D eigenvalue weighted by molar-refractivity contribution is -0.121. The molecule has 2 N–H and O–H groups in total. The van der Waals surface area contributed by atoms with Crippen LogP contribution in [0.15, 0.2) is 0 Å². The Labute approximate surface area is 126 Å². The van der Waals surface area contributed by atoms with Gasteiger partial charge in [0, 0.05) is 11.9 Å². The molecule has 2 heterocycles. The van der Waals surface area contributed by atoms with E-state index in [1.807, 2.05) is 0 Å². The van der Waals surface area contributed by atoms with Gasteiger partial charge < -0.3 is 5.32 Å². The van der Waals surface area contributed by atoms with Crippen molar-refractivity contribution in [3.63, 3.8) is 0 Å². The number of thiophene rings is 1. The number of carbonyl (C=O) groups excluding carboxylic acids is 2. The maximum Gasteiger partial charge on any atom is 0.244 e. The minimum absolute atomic E-state index is 0.148. The monoisotopic (exact) mass is 304 g/mol. The number of likely N-dealkylation sites (N-methyl/N-ethyl adjacent to an activating group) is 1. The van der Waals surface area contributed by atoms with Crippen LogP contribution in [0.25, 0.3) is 0 Å². The largest absolute Gasteiger partial charge is 0.315 e. The van der Waals surface area contributed by atoms with E-state index >= 15 is 0 Å². The highest BCUT2D eigenvalue weighted by Crippen LogP contribution is 2.37. The zero-order chi connectivity index (χ0) is 15.0. The van der Waals surface area contributed by atoms with Crippen molar-refractivity contribution in [1.82, 2.24) is 10.4 Å². The second kappa shape index (κ2) is 5.47. The third-order valence-electron chi connectivity index (χ3n) is 3.97. The number of nitriles is 1. The summed E-state index contributed by atoms with van der Waals surface area (Å²) in [6, 6.07) is 1.69. The van der Waals surface area contributed by atoms with Crippen molar-refractivity contribution >= 4 is 28.2 Å². The normalized spacial score (nSPS) is 21.5. The van der Waals surface area contributed by atoms with Crippen LogP contribution >= 0.6 is 11.3 Å². The summed E-state index contributed by atoms with van der Waals surface area (Å²) in [5.41, 5.74) is 4.28. The van der Waals surface area contributed by atoms with Gasteiger partial charge in [-0.15, -0.1) is 11.3 Å². The molecular formula is C14H16N4O2S. The number of carbonyl (C=O) groups is 2. The number of hydrogen-bond donors (Lipinski definition) is 2. The van der Waals surface area contributed by atoms with E-state index in [0.29, 0.717) is 10.6 Å². The number of hydrogen-bond acceptors (Lipinski definition) is 5. The molecule has 110 valence electrons. The molecule has 1 fully saturated rings. The first kappa shape index (κ1) is 14.0. The number of amides is 2. The third-order valence-corrected chi connectivity index (χ3v) is 5.18. The van der Waals surface area contributed by atoms with Gasteiger partial charge in [0.25, 0.3) is 0 Å². The molecule has 2 amide bonds. The van der Waals surface area contributed by atoms with Crippen LogP contribution in [-0.4, -0.2) is 29.9 Å². The summed E-state index contributed by atoms with van der Waals surface area (Å²) in [5, 5.41) is 14.3. The molecule has 1 aliphatic heterocycles. The Morgan fingerprint density at radius 3 is 2.90 bits per heavy atom. The predicted molar refractivity (Wildman–Crippen MR) is 78.6 cm³/mol. The van der Waals surface area contributed by atoms with Gasteiger partial charge in [0.05, 0.1) is 12.0 Å². The molecule has 0 saturated carbocycles. The lowest BCUT2D eigenvalue weighted by Gasteiger charge is -2.16. The smallest absolute Gasteiger partial charge is 0.244 e. The van der Waals surface area contributed by atoms with Crippen molar-refractivity contribution < 1.29 is 9.59 Å². The second-order valence-corrected chi connectivity index (χ2v) is 6.49. The van der Waals surface area contributed by atoms with E-state index in [9.17, 15) is 14.9 Å². The Balaban J connectivity index is 1.82. The minimum Gasteiger partial charge on any atom is -0.315 e. The van der Waals surface area contributed by atoms with E-state index in [-0.39, 0.29) is 18.2 Å². The van der Waals surface area contributed by atoms with Crippen LogP contribution in [0.5, 0.6) is 0 Å². The van der Waals surface area contributed by atoms with E-state index < -0.39 is 6.04 Å². The van der Waals surface area contributed by atoms with Crippen molar-refractivity contribution in [2.45, 2.75) is 38.1 Å². The van der Waals surface area contributed by atoms with E-state index in [1.54, 1.807) is 7.05 Å². The minimum atomic E-state index is -0.525. The van der Waals surface area contributed by atoms with Gasteiger partial charge in [-0.2, -0.15) is 5.26 Å². The summed E-state index contributed by atoms with van der Waals surface area (Å²) in [4.78, 5) is 24.8. The summed E-state index contributed by atoms with van der Waals surface area (Å²) in [7, 11) is 1.67. The zero-order valence-corrected chi connectivity index (χ0v) is 12.5. The van der Waals surface area contributed by atoms with Crippen LogP contribution in [0, 0.1) is 11.3 Å². The highest BCUT2D eigenvalue weighted by molar-refractivity contribution is 7.16. The Morgan fingerprint density at radius 1 is 1.48 bits per heavy atom. The molecule has 1 aromatic heterocycles. The molecule has 3 rings (SSSR count). The van der Waals surface area contributed by atoms with Crippen molar-refractivity contribution in [3.8, 4) is 6.07 Å². The Kier molecular flexibility index (Phi) is 3.66. The maximum atomic E-state index is 12.3. The molecule has 0 unspecified atom stereocenters.